The van der Waals surface area contributed by atoms with Gasteiger partial charge in [0.15, 0.2) is 0 Å². The molecule has 0 bridgehead atoms. The quantitative estimate of drug-likeness (QED) is 0.322. The predicted octanol–water partition coefficient (Wildman–Crippen LogP) is 4.69. The molecule has 3 aromatic rings. The molecule has 0 radical (unpaired) electrons. The molecule has 8 heteroatoms. The number of amides is 1. The second-order valence-electron chi connectivity index (χ2n) is 7.28. The standard InChI is InChI=1S/C25H20ClNO6/c1-32-16-7-5-6-14(12-16)22-21(23(29)17-13-15(26)10-11-20(17)33-2)24(30)25(31)27(22)18-8-3-4-9-19(18)28/h3-13,22,28-29H,1-2H3/b23-21+. The molecule has 0 saturated carbocycles. The van der Waals surface area contributed by atoms with Gasteiger partial charge in [0.2, 0.25) is 0 Å². The number of phenolic OH excluding ortho intramolecular Hbond substituents is 1. The molecule has 1 aliphatic rings. The van der Waals surface area contributed by atoms with Crippen molar-refractivity contribution in [2.45, 2.75) is 6.04 Å². The largest absolute Gasteiger partial charge is 0.507 e. The van der Waals surface area contributed by atoms with Crippen LogP contribution in [-0.4, -0.2) is 36.1 Å². The second kappa shape index (κ2) is 8.88. The fourth-order valence-corrected chi connectivity index (χ4v) is 4.06. The maximum Gasteiger partial charge on any atom is 0.300 e. The highest BCUT2D eigenvalue weighted by atomic mass is 35.5. The fourth-order valence-electron chi connectivity index (χ4n) is 3.89. The van der Waals surface area contributed by atoms with Gasteiger partial charge in [-0.15, -0.1) is 0 Å². The van der Waals surface area contributed by atoms with Crippen molar-refractivity contribution in [3.8, 4) is 17.2 Å². The highest BCUT2D eigenvalue weighted by Gasteiger charge is 2.48. The minimum absolute atomic E-state index is 0.129. The zero-order valence-corrected chi connectivity index (χ0v) is 18.5. The number of rotatable bonds is 5. The molecule has 1 atom stereocenters. The molecule has 2 N–H and O–H groups in total. The number of phenols is 1. The average Bonchev–Trinajstić information content (AvgIpc) is 3.09. The number of hydrogen-bond donors (Lipinski definition) is 2. The van der Waals surface area contributed by atoms with Crippen molar-refractivity contribution in [1.29, 1.82) is 0 Å². The first-order chi connectivity index (χ1) is 15.9. The number of para-hydroxylation sites is 2. The first-order valence-corrected chi connectivity index (χ1v) is 10.3. The number of carbonyl (C=O) groups excluding carboxylic acids is 2. The van der Waals surface area contributed by atoms with Crippen LogP contribution in [0.5, 0.6) is 17.2 Å². The monoisotopic (exact) mass is 465 g/mol. The Morgan fingerprint density at radius 1 is 0.970 bits per heavy atom. The van der Waals surface area contributed by atoms with Gasteiger partial charge in [-0.1, -0.05) is 35.9 Å². The molecule has 1 saturated heterocycles. The summed E-state index contributed by atoms with van der Waals surface area (Å²) in [4.78, 5) is 27.6. The third-order valence-electron chi connectivity index (χ3n) is 5.41. The number of Topliss-reactive ketones (excluding diaryl/α,β-unsaturated/α-hetero) is 1. The molecule has 33 heavy (non-hydrogen) atoms. The van der Waals surface area contributed by atoms with Gasteiger partial charge in [0.05, 0.1) is 37.1 Å². The van der Waals surface area contributed by atoms with Gasteiger partial charge in [-0.2, -0.15) is 0 Å². The number of aliphatic hydroxyl groups is 1. The van der Waals surface area contributed by atoms with E-state index < -0.39 is 23.5 Å². The van der Waals surface area contributed by atoms with E-state index in [1.165, 1.54) is 32.4 Å². The number of anilines is 1. The van der Waals surface area contributed by atoms with Crippen molar-refractivity contribution < 1.29 is 29.3 Å². The fraction of sp³-hybridized carbons (Fsp3) is 0.120. The summed E-state index contributed by atoms with van der Waals surface area (Å²) in [6, 6.07) is 16.5. The maximum atomic E-state index is 13.2. The molecule has 0 aliphatic carbocycles. The minimum Gasteiger partial charge on any atom is -0.507 e. The molecule has 168 valence electrons. The van der Waals surface area contributed by atoms with E-state index in [4.69, 9.17) is 21.1 Å². The van der Waals surface area contributed by atoms with Gasteiger partial charge in [-0.25, -0.2) is 0 Å². The first kappa shape index (κ1) is 22.2. The zero-order valence-electron chi connectivity index (χ0n) is 17.8. The van der Waals surface area contributed by atoms with Crippen molar-refractivity contribution in [2.24, 2.45) is 0 Å². The topological polar surface area (TPSA) is 96.3 Å². The smallest absolute Gasteiger partial charge is 0.300 e. The van der Waals surface area contributed by atoms with Gasteiger partial charge in [-0.05, 0) is 48.0 Å². The van der Waals surface area contributed by atoms with E-state index in [1.54, 1.807) is 48.5 Å². The van der Waals surface area contributed by atoms with Crippen molar-refractivity contribution in [2.75, 3.05) is 19.1 Å². The lowest BCUT2D eigenvalue weighted by Gasteiger charge is -2.26. The van der Waals surface area contributed by atoms with Gasteiger partial charge >= 0.3 is 0 Å². The van der Waals surface area contributed by atoms with Crippen LogP contribution in [0, 0.1) is 0 Å². The van der Waals surface area contributed by atoms with Crippen LogP contribution in [0.2, 0.25) is 5.02 Å². The number of benzene rings is 3. The molecule has 7 nitrogen and oxygen atoms in total. The lowest BCUT2D eigenvalue weighted by molar-refractivity contribution is -0.132. The molecule has 0 aromatic heterocycles. The second-order valence-corrected chi connectivity index (χ2v) is 7.72. The Kier molecular flexibility index (Phi) is 5.98. The number of nitrogens with zero attached hydrogens (tertiary/aromatic N) is 1. The van der Waals surface area contributed by atoms with Crippen LogP contribution in [0.1, 0.15) is 17.2 Å². The van der Waals surface area contributed by atoms with Crippen LogP contribution >= 0.6 is 11.6 Å². The highest BCUT2D eigenvalue weighted by molar-refractivity contribution is 6.52. The van der Waals surface area contributed by atoms with Crippen molar-refractivity contribution in [3.05, 3.63) is 88.5 Å². The summed E-state index contributed by atoms with van der Waals surface area (Å²) in [7, 11) is 2.91. The number of ketones is 1. The Morgan fingerprint density at radius 2 is 1.73 bits per heavy atom. The molecular formula is C25H20ClNO6. The average molecular weight is 466 g/mol. The summed E-state index contributed by atoms with van der Waals surface area (Å²) < 4.78 is 10.6. The molecule has 3 aromatic carbocycles. The first-order valence-electron chi connectivity index (χ1n) is 9.94. The predicted molar refractivity (Wildman–Crippen MR) is 124 cm³/mol. The molecule has 1 fully saturated rings. The SMILES string of the molecule is COc1cccc(C2/C(=C(\O)c3cc(Cl)ccc3OC)C(=O)C(=O)N2c2ccccc2O)c1. The van der Waals surface area contributed by atoms with E-state index in [0.717, 1.165) is 4.90 Å². The van der Waals surface area contributed by atoms with Gasteiger partial charge in [-0.3, -0.25) is 14.5 Å². The number of halogens is 1. The normalized spacial score (nSPS) is 17.3. The number of carbonyl (C=O) groups is 2. The molecule has 1 aliphatic heterocycles. The van der Waals surface area contributed by atoms with Gasteiger partial charge in [0.1, 0.15) is 23.0 Å². The number of hydrogen-bond acceptors (Lipinski definition) is 6. The van der Waals surface area contributed by atoms with Crippen molar-refractivity contribution in [1.82, 2.24) is 0 Å². The molecule has 0 spiro atoms. The van der Waals surface area contributed by atoms with E-state index in [0.29, 0.717) is 16.3 Å². The number of ether oxygens (including phenoxy) is 2. The third kappa shape index (κ3) is 3.87. The van der Waals surface area contributed by atoms with Gasteiger partial charge < -0.3 is 19.7 Å². The Labute approximate surface area is 195 Å². The van der Waals surface area contributed by atoms with Crippen LogP contribution in [0.4, 0.5) is 5.69 Å². The summed E-state index contributed by atoms with van der Waals surface area (Å²) in [5.74, 6) is -1.67. The Morgan fingerprint density at radius 3 is 2.42 bits per heavy atom. The van der Waals surface area contributed by atoms with Crippen LogP contribution in [-0.2, 0) is 9.59 Å². The van der Waals surface area contributed by atoms with Crippen LogP contribution in [0.3, 0.4) is 0 Å². The van der Waals surface area contributed by atoms with E-state index in [1.807, 2.05) is 0 Å². The van der Waals surface area contributed by atoms with Crippen molar-refractivity contribution in [3.63, 3.8) is 0 Å². The van der Waals surface area contributed by atoms with Crippen LogP contribution in [0.25, 0.3) is 5.76 Å². The summed E-state index contributed by atoms with van der Waals surface area (Å²) >= 11 is 6.13. The third-order valence-corrected chi connectivity index (χ3v) is 5.65. The van der Waals surface area contributed by atoms with E-state index in [9.17, 15) is 19.8 Å². The van der Waals surface area contributed by atoms with Crippen LogP contribution < -0.4 is 14.4 Å². The highest BCUT2D eigenvalue weighted by Crippen LogP contribution is 2.46. The Balaban J connectivity index is 2.02. The van der Waals surface area contributed by atoms with E-state index >= 15 is 0 Å². The molecule has 1 heterocycles. The van der Waals surface area contributed by atoms with Gasteiger partial charge in [0.25, 0.3) is 11.7 Å². The van der Waals surface area contributed by atoms with Crippen molar-refractivity contribution >= 4 is 34.7 Å². The minimum atomic E-state index is -1.04. The number of aliphatic hydroxyl groups excluding tert-OH is 1. The Hall–Kier alpha value is -3.97. The summed E-state index contributed by atoms with van der Waals surface area (Å²) in [5, 5.41) is 22.0. The lowest BCUT2D eigenvalue weighted by Crippen LogP contribution is -2.29. The molecular weight excluding hydrogens is 446 g/mol. The summed E-state index contributed by atoms with van der Waals surface area (Å²) in [6.45, 7) is 0. The molecule has 4 rings (SSSR count). The lowest BCUT2D eigenvalue weighted by atomic mass is 9.94. The Bertz CT molecular complexity index is 1290. The number of aromatic hydroxyl groups is 1. The van der Waals surface area contributed by atoms with E-state index in [-0.39, 0.29) is 28.3 Å². The maximum absolute atomic E-state index is 13.2. The summed E-state index contributed by atoms with van der Waals surface area (Å²) in [6.07, 6.45) is 0. The molecule has 1 unspecified atom stereocenters. The molecule has 1 amide bonds. The van der Waals surface area contributed by atoms with E-state index in [2.05, 4.69) is 0 Å². The zero-order chi connectivity index (χ0) is 23.7. The van der Waals surface area contributed by atoms with Crippen LogP contribution in [0.15, 0.2) is 72.3 Å². The summed E-state index contributed by atoms with van der Waals surface area (Å²) in [5.41, 5.74) is 0.620. The number of methoxy groups -OCH3 is 2. The van der Waals surface area contributed by atoms with Gasteiger partial charge in [0, 0.05) is 5.02 Å².